The number of halogens is 1. The van der Waals surface area contributed by atoms with Crippen LogP contribution in [0.25, 0.3) is 0 Å². The molecule has 0 saturated carbocycles. The van der Waals surface area contributed by atoms with Gasteiger partial charge < -0.3 is 4.74 Å². The number of hydrogen-bond acceptors (Lipinski definition) is 3. The molecule has 4 heteroatoms. The molecule has 2 aromatic rings. The molecule has 1 heterocycles. The van der Waals surface area contributed by atoms with Crippen LogP contribution in [0, 0.1) is 11.3 Å². The number of ether oxygens (including phenoxy) is 1. The topological polar surface area (TPSA) is 45.9 Å². The number of benzene rings is 1. The number of rotatable bonds is 3. The molecule has 0 spiro atoms. The summed E-state index contributed by atoms with van der Waals surface area (Å²) in [5.41, 5.74) is 1.60. The molecule has 0 radical (unpaired) electrons. The van der Waals surface area contributed by atoms with Gasteiger partial charge in [-0.15, -0.1) is 0 Å². The van der Waals surface area contributed by atoms with Gasteiger partial charge in [-0.1, -0.05) is 30.7 Å². The van der Waals surface area contributed by atoms with E-state index in [1.807, 2.05) is 30.3 Å². The Hall–Kier alpha value is -2.05. The third-order valence-electron chi connectivity index (χ3n) is 2.43. The minimum Gasteiger partial charge on any atom is -0.439 e. The van der Waals surface area contributed by atoms with Crippen LogP contribution in [-0.2, 0) is 6.42 Å². The Balaban J connectivity index is 2.28. The van der Waals surface area contributed by atoms with Crippen molar-refractivity contribution in [2.45, 2.75) is 13.3 Å². The molecule has 18 heavy (non-hydrogen) atoms. The third-order valence-corrected chi connectivity index (χ3v) is 2.62. The molecule has 0 unspecified atom stereocenters. The van der Waals surface area contributed by atoms with Crippen LogP contribution in [0.3, 0.4) is 0 Å². The Bertz CT molecular complexity index is 605. The highest BCUT2D eigenvalue weighted by Crippen LogP contribution is 2.23. The van der Waals surface area contributed by atoms with Gasteiger partial charge in [0.15, 0.2) is 0 Å². The van der Waals surface area contributed by atoms with Crippen molar-refractivity contribution in [3.8, 4) is 17.7 Å². The average Bonchev–Trinajstić information content (AvgIpc) is 2.38. The van der Waals surface area contributed by atoms with Crippen molar-refractivity contribution in [2.24, 2.45) is 0 Å². The monoisotopic (exact) mass is 258 g/mol. The fraction of sp³-hybridized carbons (Fsp3) is 0.143. The van der Waals surface area contributed by atoms with Crippen molar-refractivity contribution in [3.05, 3.63) is 52.7 Å². The van der Waals surface area contributed by atoms with Crippen LogP contribution in [0.2, 0.25) is 5.15 Å². The molecule has 0 aliphatic carbocycles. The zero-order valence-corrected chi connectivity index (χ0v) is 10.6. The standard InChI is InChI=1S/C14H11ClN2O/c1-2-10-4-3-5-12(6-10)18-14-8-11(9-16)7-13(15)17-14/h3-8H,2H2,1H3. The van der Waals surface area contributed by atoms with E-state index in [4.69, 9.17) is 21.6 Å². The maximum atomic E-state index is 8.84. The lowest BCUT2D eigenvalue weighted by atomic mass is 10.2. The number of pyridine rings is 1. The van der Waals surface area contributed by atoms with Crippen LogP contribution < -0.4 is 4.74 Å². The summed E-state index contributed by atoms with van der Waals surface area (Å²) in [6, 6.07) is 12.8. The first-order valence-electron chi connectivity index (χ1n) is 5.55. The summed E-state index contributed by atoms with van der Waals surface area (Å²) in [5.74, 6) is 1.01. The van der Waals surface area contributed by atoms with E-state index in [-0.39, 0.29) is 5.15 Å². The van der Waals surface area contributed by atoms with Crippen LogP contribution in [-0.4, -0.2) is 4.98 Å². The zero-order valence-electron chi connectivity index (χ0n) is 9.85. The molecule has 0 N–H and O–H groups in total. The van der Waals surface area contributed by atoms with Gasteiger partial charge in [0.25, 0.3) is 0 Å². The molecule has 0 aliphatic heterocycles. The second kappa shape index (κ2) is 5.52. The van der Waals surface area contributed by atoms with Crippen LogP contribution in [0.5, 0.6) is 11.6 Å². The SMILES string of the molecule is CCc1cccc(Oc2cc(C#N)cc(Cl)n2)c1. The molecule has 0 saturated heterocycles. The molecule has 0 fully saturated rings. The van der Waals surface area contributed by atoms with E-state index < -0.39 is 0 Å². The lowest BCUT2D eigenvalue weighted by Gasteiger charge is -2.06. The van der Waals surface area contributed by atoms with Crippen molar-refractivity contribution in [2.75, 3.05) is 0 Å². The minimum atomic E-state index is 0.246. The zero-order chi connectivity index (χ0) is 13.0. The molecule has 90 valence electrons. The van der Waals surface area contributed by atoms with Gasteiger partial charge in [-0.2, -0.15) is 5.26 Å². The van der Waals surface area contributed by atoms with Gasteiger partial charge in [0, 0.05) is 6.07 Å². The highest BCUT2D eigenvalue weighted by molar-refractivity contribution is 6.29. The fourth-order valence-corrected chi connectivity index (χ4v) is 1.74. The second-order valence-corrected chi connectivity index (χ2v) is 4.12. The van der Waals surface area contributed by atoms with Crippen molar-refractivity contribution < 1.29 is 4.74 Å². The molecular formula is C14H11ClN2O. The van der Waals surface area contributed by atoms with Gasteiger partial charge in [0.1, 0.15) is 10.9 Å². The van der Waals surface area contributed by atoms with Gasteiger partial charge in [-0.3, -0.25) is 0 Å². The number of hydrogen-bond donors (Lipinski definition) is 0. The summed E-state index contributed by atoms with van der Waals surface area (Å²) in [5, 5.41) is 9.09. The average molecular weight is 259 g/mol. The number of aryl methyl sites for hydroxylation is 1. The fourth-order valence-electron chi connectivity index (χ4n) is 1.54. The van der Waals surface area contributed by atoms with Gasteiger partial charge >= 0.3 is 0 Å². The molecule has 0 bridgehead atoms. The van der Waals surface area contributed by atoms with Crippen LogP contribution in [0.4, 0.5) is 0 Å². The lowest BCUT2D eigenvalue weighted by molar-refractivity contribution is 0.462. The van der Waals surface area contributed by atoms with Crippen LogP contribution >= 0.6 is 11.6 Å². The van der Waals surface area contributed by atoms with E-state index in [1.165, 1.54) is 11.6 Å². The predicted molar refractivity (Wildman–Crippen MR) is 69.9 cm³/mol. The Morgan fingerprint density at radius 3 is 2.89 bits per heavy atom. The molecule has 2 rings (SSSR count). The van der Waals surface area contributed by atoms with E-state index in [2.05, 4.69) is 11.9 Å². The molecule has 0 amide bonds. The number of aromatic nitrogens is 1. The van der Waals surface area contributed by atoms with Gasteiger partial charge in [-0.25, -0.2) is 4.98 Å². The molecule has 1 aromatic heterocycles. The minimum absolute atomic E-state index is 0.246. The Labute approximate surface area is 111 Å². The summed E-state index contributed by atoms with van der Waals surface area (Å²) in [6.45, 7) is 2.07. The maximum Gasteiger partial charge on any atom is 0.221 e. The van der Waals surface area contributed by atoms with E-state index in [9.17, 15) is 0 Å². The highest BCUT2D eigenvalue weighted by Gasteiger charge is 2.04. The van der Waals surface area contributed by atoms with E-state index >= 15 is 0 Å². The van der Waals surface area contributed by atoms with Crippen molar-refractivity contribution in [1.82, 2.24) is 4.98 Å². The Kier molecular flexibility index (Phi) is 3.81. The van der Waals surface area contributed by atoms with E-state index in [0.717, 1.165) is 6.42 Å². The maximum absolute atomic E-state index is 8.84. The first kappa shape index (κ1) is 12.4. The van der Waals surface area contributed by atoms with Gasteiger partial charge in [0.2, 0.25) is 5.88 Å². The smallest absolute Gasteiger partial charge is 0.221 e. The van der Waals surface area contributed by atoms with Crippen molar-refractivity contribution in [1.29, 1.82) is 5.26 Å². The summed E-state index contributed by atoms with van der Waals surface area (Å²) < 4.78 is 5.60. The predicted octanol–water partition coefficient (Wildman–Crippen LogP) is 3.96. The first-order chi connectivity index (χ1) is 8.71. The van der Waals surface area contributed by atoms with Crippen molar-refractivity contribution in [3.63, 3.8) is 0 Å². The van der Waals surface area contributed by atoms with E-state index in [0.29, 0.717) is 17.2 Å². The van der Waals surface area contributed by atoms with E-state index in [1.54, 1.807) is 6.07 Å². The van der Waals surface area contributed by atoms with Crippen LogP contribution in [0.1, 0.15) is 18.1 Å². The third kappa shape index (κ3) is 2.99. The summed E-state index contributed by atoms with van der Waals surface area (Å²) in [6.07, 6.45) is 0.934. The molecule has 0 aliphatic rings. The molecule has 3 nitrogen and oxygen atoms in total. The molecule has 1 aromatic carbocycles. The Morgan fingerprint density at radius 2 is 2.17 bits per heavy atom. The lowest BCUT2D eigenvalue weighted by Crippen LogP contribution is -1.91. The highest BCUT2D eigenvalue weighted by atomic mass is 35.5. The largest absolute Gasteiger partial charge is 0.439 e. The summed E-state index contributed by atoms with van der Waals surface area (Å²) >= 11 is 5.81. The first-order valence-corrected chi connectivity index (χ1v) is 5.93. The summed E-state index contributed by atoms with van der Waals surface area (Å²) in [4.78, 5) is 4.02. The summed E-state index contributed by atoms with van der Waals surface area (Å²) in [7, 11) is 0. The number of nitriles is 1. The Morgan fingerprint density at radius 1 is 1.33 bits per heavy atom. The van der Waals surface area contributed by atoms with Gasteiger partial charge in [-0.05, 0) is 30.2 Å². The molecular weight excluding hydrogens is 248 g/mol. The molecule has 0 atom stereocenters. The second-order valence-electron chi connectivity index (χ2n) is 3.73. The van der Waals surface area contributed by atoms with Crippen LogP contribution in [0.15, 0.2) is 36.4 Å². The van der Waals surface area contributed by atoms with Crippen molar-refractivity contribution >= 4 is 11.6 Å². The quantitative estimate of drug-likeness (QED) is 0.783. The normalized spacial score (nSPS) is 9.83. The number of nitrogens with zero attached hydrogens (tertiary/aromatic N) is 2. The van der Waals surface area contributed by atoms with Gasteiger partial charge in [0.05, 0.1) is 11.6 Å².